The van der Waals surface area contributed by atoms with Crippen molar-refractivity contribution >= 4 is 17.4 Å². The predicted octanol–water partition coefficient (Wildman–Crippen LogP) is 3.49. The van der Waals surface area contributed by atoms with E-state index in [0.717, 1.165) is 6.54 Å². The van der Waals surface area contributed by atoms with Crippen LogP contribution in [0.15, 0.2) is 54.2 Å². The van der Waals surface area contributed by atoms with Crippen LogP contribution in [0.2, 0.25) is 0 Å². The van der Waals surface area contributed by atoms with Gasteiger partial charge in [0.15, 0.2) is 0 Å². The van der Waals surface area contributed by atoms with Gasteiger partial charge in [-0.15, -0.1) is 0 Å². The summed E-state index contributed by atoms with van der Waals surface area (Å²) in [6.07, 6.45) is 2.32. The lowest BCUT2D eigenvalue weighted by Crippen LogP contribution is -2.32. The number of aliphatic hydroxyl groups excluding tert-OH is 1. The third kappa shape index (κ3) is 5.34. The van der Waals surface area contributed by atoms with Gasteiger partial charge in [-0.3, -0.25) is 14.6 Å². The maximum Gasteiger partial charge on any atom is 0.295 e. The highest BCUT2D eigenvalue weighted by Gasteiger charge is 2.46. The van der Waals surface area contributed by atoms with Crippen LogP contribution in [-0.4, -0.2) is 65.4 Å². The van der Waals surface area contributed by atoms with Gasteiger partial charge in [-0.05, 0) is 69.4 Å². The molecular formula is C25H31N3O4. The van der Waals surface area contributed by atoms with Crippen molar-refractivity contribution < 1.29 is 19.4 Å². The van der Waals surface area contributed by atoms with E-state index >= 15 is 0 Å². The van der Waals surface area contributed by atoms with Crippen LogP contribution in [0.5, 0.6) is 5.75 Å². The van der Waals surface area contributed by atoms with E-state index in [9.17, 15) is 14.7 Å². The number of pyridine rings is 1. The van der Waals surface area contributed by atoms with Crippen molar-refractivity contribution in [2.24, 2.45) is 5.92 Å². The molecule has 0 radical (unpaired) electrons. The molecule has 0 saturated carbocycles. The fraction of sp³-hybridized carbons (Fsp3) is 0.400. The van der Waals surface area contributed by atoms with E-state index in [-0.39, 0.29) is 11.3 Å². The van der Waals surface area contributed by atoms with Crippen LogP contribution in [0.3, 0.4) is 0 Å². The van der Waals surface area contributed by atoms with Crippen LogP contribution < -0.4 is 4.74 Å². The Bertz CT molecular complexity index is 968. The zero-order valence-electron chi connectivity index (χ0n) is 19.1. The van der Waals surface area contributed by atoms with Crippen molar-refractivity contribution in [3.05, 3.63) is 65.5 Å². The molecule has 1 N–H and O–H groups in total. The number of hydrogen-bond donors (Lipinski definition) is 1. The number of amides is 1. The standard InChI is InChI=1S/C25H31N3O4/c1-17(2)16-32-19-11-9-18(10-12-19)23(29)21-22(20-8-5-6-13-26-20)28(25(31)24(21)30)15-7-14-27(3)4/h5-6,8-13,17,22,29H,7,14-16H2,1-4H3/b23-21-. The van der Waals surface area contributed by atoms with Gasteiger partial charge in [-0.2, -0.15) is 0 Å². The number of Topliss-reactive ketones (excluding diaryl/α,β-unsaturated/α-hetero) is 1. The molecule has 7 heteroatoms. The van der Waals surface area contributed by atoms with Crippen molar-refractivity contribution in [2.45, 2.75) is 26.3 Å². The first-order valence-corrected chi connectivity index (χ1v) is 10.9. The smallest absolute Gasteiger partial charge is 0.295 e. The average molecular weight is 438 g/mol. The number of ether oxygens (including phenoxy) is 1. The zero-order valence-corrected chi connectivity index (χ0v) is 19.1. The Balaban J connectivity index is 1.96. The summed E-state index contributed by atoms with van der Waals surface area (Å²) in [4.78, 5) is 33.8. The maximum absolute atomic E-state index is 13.0. The first kappa shape index (κ1) is 23.5. The summed E-state index contributed by atoms with van der Waals surface area (Å²) in [7, 11) is 3.91. The van der Waals surface area contributed by atoms with E-state index in [1.165, 1.54) is 4.90 Å². The van der Waals surface area contributed by atoms with Gasteiger partial charge in [-0.25, -0.2) is 0 Å². The predicted molar refractivity (Wildman–Crippen MR) is 123 cm³/mol. The molecule has 32 heavy (non-hydrogen) atoms. The molecule has 0 bridgehead atoms. The quantitative estimate of drug-likeness (QED) is 0.367. The minimum absolute atomic E-state index is 0.0643. The molecule has 1 saturated heterocycles. The molecule has 0 aliphatic carbocycles. The van der Waals surface area contributed by atoms with Gasteiger partial charge in [0, 0.05) is 18.3 Å². The van der Waals surface area contributed by atoms with Crippen LogP contribution in [0, 0.1) is 5.92 Å². The molecule has 7 nitrogen and oxygen atoms in total. The molecular weight excluding hydrogens is 406 g/mol. The molecule has 0 spiro atoms. The maximum atomic E-state index is 13.0. The van der Waals surface area contributed by atoms with E-state index in [1.807, 2.05) is 25.1 Å². The molecule has 1 aliphatic heterocycles. The number of likely N-dealkylation sites (tertiary alicyclic amines) is 1. The fourth-order valence-electron chi connectivity index (χ4n) is 3.64. The minimum atomic E-state index is -0.727. The summed E-state index contributed by atoms with van der Waals surface area (Å²) < 4.78 is 5.70. The molecule has 1 amide bonds. The molecule has 1 atom stereocenters. The number of aliphatic hydroxyl groups is 1. The van der Waals surface area contributed by atoms with Crippen LogP contribution in [0.4, 0.5) is 0 Å². The van der Waals surface area contributed by atoms with Crippen molar-refractivity contribution in [3.63, 3.8) is 0 Å². The second-order valence-corrected chi connectivity index (χ2v) is 8.63. The molecule has 170 valence electrons. The lowest BCUT2D eigenvalue weighted by atomic mass is 9.98. The van der Waals surface area contributed by atoms with Gasteiger partial charge in [0.1, 0.15) is 17.6 Å². The van der Waals surface area contributed by atoms with Gasteiger partial charge in [0.25, 0.3) is 11.7 Å². The molecule has 1 fully saturated rings. The number of carbonyl (C=O) groups is 2. The van der Waals surface area contributed by atoms with Crippen LogP contribution in [-0.2, 0) is 9.59 Å². The summed E-state index contributed by atoms with van der Waals surface area (Å²) in [5.41, 5.74) is 1.07. The van der Waals surface area contributed by atoms with Crippen molar-refractivity contribution in [3.8, 4) is 5.75 Å². The lowest BCUT2D eigenvalue weighted by molar-refractivity contribution is -0.140. The second kappa shape index (κ2) is 10.4. The molecule has 1 aromatic carbocycles. The SMILES string of the molecule is CC(C)COc1ccc(/C(O)=C2/C(=O)C(=O)N(CCCN(C)C)C2c2ccccn2)cc1. The van der Waals surface area contributed by atoms with Crippen molar-refractivity contribution in [1.82, 2.24) is 14.8 Å². The summed E-state index contributed by atoms with van der Waals surface area (Å²) in [5.74, 6) is -0.434. The molecule has 3 rings (SSSR count). The average Bonchev–Trinajstić information content (AvgIpc) is 3.03. The number of ketones is 1. The van der Waals surface area contributed by atoms with E-state index < -0.39 is 17.7 Å². The summed E-state index contributed by atoms with van der Waals surface area (Å²) in [6, 6.07) is 11.5. The highest BCUT2D eigenvalue weighted by Crippen LogP contribution is 2.38. The number of aromatic nitrogens is 1. The normalized spacial score (nSPS) is 18.1. The Labute approximate surface area is 189 Å². The Morgan fingerprint density at radius 1 is 1.16 bits per heavy atom. The van der Waals surface area contributed by atoms with Gasteiger partial charge >= 0.3 is 0 Å². The number of hydrogen-bond acceptors (Lipinski definition) is 6. The molecule has 1 unspecified atom stereocenters. The number of rotatable bonds is 9. The van der Waals surface area contributed by atoms with Crippen LogP contribution in [0.1, 0.15) is 37.6 Å². The van der Waals surface area contributed by atoms with Gasteiger partial charge in [0.05, 0.1) is 17.9 Å². The molecule has 2 heterocycles. The summed E-state index contributed by atoms with van der Waals surface area (Å²) >= 11 is 0. The molecule has 1 aromatic heterocycles. The highest BCUT2D eigenvalue weighted by atomic mass is 16.5. The van der Waals surface area contributed by atoms with Crippen LogP contribution in [0.25, 0.3) is 5.76 Å². The Kier molecular flexibility index (Phi) is 7.64. The van der Waals surface area contributed by atoms with E-state index in [2.05, 4.69) is 18.8 Å². The highest BCUT2D eigenvalue weighted by molar-refractivity contribution is 6.46. The third-order valence-electron chi connectivity index (χ3n) is 5.22. The largest absolute Gasteiger partial charge is 0.507 e. The van der Waals surface area contributed by atoms with E-state index in [0.29, 0.717) is 42.5 Å². The van der Waals surface area contributed by atoms with Gasteiger partial charge < -0.3 is 19.6 Å². The zero-order chi connectivity index (χ0) is 23.3. The first-order valence-electron chi connectivity index (χ1n) is 10.9. The number of benzene rings is 1. The van der Waals surface area contributed by atoms with Gasteiger partial charge in [0.2, 0.25) is 0 Å². The Hall–Kier alpha value is -3.19. The number of carbonyl (C=O) groups excluding carboxylic acids is 2. The van der Waals surface area contributed by atoms with Crippen molar-refractivity contribution in [2.75, 3.05) is 33.8 Å². The van der Waals surface area contributed by atoms with E-state index in [4.69, 9.17) is 4.74 Å². The first-order chi connectivity index (χ1) is 15.3. The monoisotopic (exact) mass is 437 g/mol. The fourth-order valence-corrected chi connectivity index (χ4v) is 3.64. The summed E-state index contributed by atoms with van der Waals surface area (Å²) in [6.45, 7) is 5.88. The molecule has 2 aromatic rings. The lowest BCUT2D eigenvalue weighted by Gasteiger charge is -2.25. The third-order valence-corrected chi connectivity index (χ3v) is 5.22. The minimum Gasteiger partial charge on any atom is -0.507 e. The topological polar surface area (TPSA) is 83.0 Å². The van der Waals surface area contributed by atoms with E-state index in [1.54, 1.807) is 42.6 Å². The van der Waals surface area contributed by atoms with Crippen molar-refractivity contribution in [1.29, 1.82) is 0 Å². The summed E-state index contributed by atoms with van der Waals surface area (Å²) in [5, 5.41) is 11.1. The van der Waals surface area contributed by atoms with Gasteiger partial charge in [-0.1, -0.05) is 19.9 Å². The second-order valence-electron chi connectivity index (χ2n) is 8.63. The Morgan fingerprint density at radius 3 is 2.47 bits per heavy atom. The molecule has 1 aliphatic rings. The Morgan fingerprint density at radius 2 is 1.88 bits per heavy atom. The number of nitrogens with zero attached hydrogens (tertiary/aromatic N) is 3. The van der Waals surface area contributed by atoms with Crippen LogP contribution >= 0.6 is 0 Å².